The van der Waals surface area contributed by atoms with Gasteiger partial charge >= 0.3 is 0 Å². The third-order valence-electron chi connectivity index (χ3n) is 1.66. The zero-order chi connectivity index (χ0) is 9.68. The number of hydrogen-bond donors (Lipinski definition) is 2. The summed E-state index contributed by atoms with van der Waals surface area (Å²) < 4.78 is 0. The summed E-state index contributed by atoms with van der Waals surface area (Å²) in [5, 5.41) is 0. The van der Waals surface area contributed by atoms with Crippen molar-refractivity contribution in [3.05, 3.63) is 48.0 Å². The average Bonchev–Trinajstić information content (AvgIpc) is 2.13. The highest BCUT2D eigenvalue weighted by atomic mass is 32.1. The molecule has 0 aromatic heterocycles. The molecular formula is C11H12S2. The maximum Gasteiger partial charge on any atom is 0.0203 e. The van der Waals surface area contributed by atoms with Crippen molar-refractivity contribution in [2.45, 2.75) is 16.7 Å². The molecule has 68 valence electrons. The van der Waals surface area contributed by atoms with Gasteiger partial charge in [-0.05, 0) is 18.6 Å². The van der Waals surface area contributed by atoms with E-state index in [1.54, 1.807) is 0 Å². The minimum Gasteiger partial charge on any atom is -0.142 e. The second-order valence-electron chi connectivity index (χ2n) is 2.71. The molecular weight excluding hydrogens is 196 g/mol. The highest BCUT2D eigenvalue weighted by Gasteiger charge is 1.91. The van der Waals surface area contributed by atoms with E-state index < -0.39 is 0 Å². The van der Waals surface area contributed by atoms with Crippen LogP contribution in [0.15, 0.2) is 52.3 Å². The molecule has 0 saturated heterocycles. The minimum atomic E-state index is 0.886. The van der Waals surface area contributed by atoms with E-state index in [-0.39, 0.29) is 0 Å². The topological polar surface area (TPSA) is 0 Å². The van der Waals surface area contributed by atoms with Crippen molar-refractivity contribution < 1.29 is 0 Å². The number of hydrogen-bond acceptors (Lipinski definition) is 2. The lowest BCUT2D eigenvalue weighted by Gasteiger charge is -1.96. The van der Waals surface area contributed by atoms with Gasteiger partial charge in [-0.15, -0.1) is 25.3 Å². The molecule has 13 heavy (non-hydrogen) atoms. The van der Waals surface area contributed by atoms with Gasteiger partial charge in [0.2, 0.25) is 0 Å². The quantitative estimate of drug-likeness (QED) is 0.597. The molecule has 0 N–H and O–H groups in total. The summed E-state index contributed by atoms with van der Waals surface area (Å²) in [7, 11) is 0. The third kappa shape index (κ3) is 3.33. The van der Waals surface area contributed by atoms with Crippen LogP contribution in [-0.4, -0.2) is 0 Å². The molecule has 0 aliphatic rings. The van der Waals surface area contributed by atoms with Gasteiger partial charge in [-0.1, -0.05) is 36.4 Å². The van der Waals surface area contributed by atoms with Gasteiger partial charge in [0.25, 0.3) is 0 Å². The summed E-state index contributed by atoms with van der Waals surface area (Å²) in [4.78, 5) is 1.80. The Morgan fingerprint density at radius 1 is 0.846 bits per heavy atom. The zero-order valence-electron chi connectivity index (χ0n) is 7.44. The van der Waals surface area contributed by atoms with Gasteiger partial charge in [-0.2, -0.15) is 0 Å². The van der Waals surface area contributed by atoms with Crippen molar-refractivity contribution in [3.8, 4) is 0 Å². The van der Waals surface area contributed by atoms with Crippen molar-refractivity contribution in [1.29, 1.82) is 0 Å². The van der Waals surface area contributed by atoms with Crippen LogP contribution < -0.4 is 0 Å². The fraction of sp³-hybridized carbons (Fsp3) is 0.0909. The summed E-state index contributed by atoms with van der Waals surface area (Å²) in [6.07, 6.45) is 0. The van der Waals surface area contributed by atoms with Crippen molar-refractivity contribution >= 4 is 25.3 Å². The molecule has 0 nitrogen and oxygen atoms in total. The minimum absolute atomic E-state index is 0.886. The summed E-state index contributed by atoms with van der Waals surface area (Å²) in [5.74, 6) is 0. The normalized spacial score (nSPS) is 9.15. The van der Waals surface area contributed by atoms with Gasteiger partial charge < -0.3 is 0 Å². The summed E-state index contributed by atoms with van der Waals surface area (Å²) >= 11 is 8.71. The third-order valence-corrected chi connectivity index (χ3v) is 2.80. The smallest absolute Gasteiger partial charge is 0.0203 e. The zero-order valence-corrected chi connectivity index (χ0v) is 9.22. The predicted molar refractivity (Wildman–Crippen MR) is 63.3 cm³/mol. The lowest BCUT2D eigenvalue weighted by Crippen LogP contribution is -1.72. The van der Waals surface area contributed by atoms with Crippen LogP contribution in [0.25, 0.3) is 0 Å². The van der Waals surface area contributed by atoms with Crippen LogP contribution in [-0.2, 0) is 0 Å². The Balaban J connectivity index is 3.40. The molecule has 1 aromatic rings. The molecule has 0 radical (unpaired) electrons. The van der Waals surface area contributed by atoms with Crippen LogP contribution in [0.4, 0.5) is 0 Å². The lowest BCUT2D eigenvalue weighted by atomic mass is 10.3. The standard InChI is InChI=1S/C11H12S2/c1-9-7-5-3-2-4-6-8-10(12)11(9)13/h2-8,12-13H,1H3. The maximum atomic E-state index is 4.38. The average molecular weight is 208 g/mol. The first kappa shape index (κ1) is 10.5. The van der Waals surface area contributed by atoms with E-state index in [0.29, 0.717) is 0 Å². The molecule has 0 aliphatic heterocycles. The Hall–Kier alpha value is -0.600. The molecule has 2 heteroatoms. The van der Waals surface area contributed by atoms with Crippen LogP contribution in [0.5, 0.6) is 0 Å². The number of thiol groups is 2. The van der Waals surface area contributed by atoms with Gasteiger partial charge in [-0.3, -0.25) is 0 Å². The Kier molecular flexibility index (Phi) is 4.19. The molecule has 0 amide bonds. The summed E-state index contributed by atoms with van der Waals surface area (Å²) in [5.41, 5.74) is 1.12. The van der Waals surface area contributed by atoms with Gasteiger partial charge in [0.1, 0.15) is 0 Å². The number of rotatable bonds is 0. The number of aryl methyl sites for hydroxylation is 1. The maximum absolute atomic E-state index is 4.38. The summed E-state index contributed by atoms with van der Waals surface area (Å²) in [6.45, 7) is 2.02. The van der Waals surface area contributed by atoms with E-state index in [1.807, 2.05) is 49.4 Å². The van der Waals surface area contributed by atoms with E-state index in [1.165, 1.54) is 0 Å². The molecule has 0 heterocycles. The predicted octanol–water partition coefficient (Wildman–Crippen LogP) is 3.70. The highest BCUT2D eigenvalue weighted by molar-refractivity contribution is 7.83. The monoisotopic (exact) mass is 208 g/mol. The molecule has 0 bridgehead atoms. The van der Waals surface area contributed by atoms with Gasteiger partial charge in [0.05, 0.1) is 0 Å². The van der Waals surface area contributed by atoms with Crippen LogP contribution in [0.3, 0.4) is 0 Å². The van der Waals surface area contributed by atoms with Crippen molar-refractivity contribution in [3.63, 3.8) is 0 Å². The molecule has 0 fully saturated rings. The second-order valence-corrected chi connectivity index (χ2v) is 3.64. The van der Waals surface area contributed by atoms with Crippen LogP contribution in [0, 0.1) is 6.92 Å². The molecule has 0 atom stereocenters. The fourth-order valence-electron chi connectivity index (χ4n) is 0.899. The molecule has 0 spiro atoms. The van der Waals surface area contributed by atoms with E-state index in [4.69, 9.17) is 0 Å². The van der Waals surface area contributed by atoms with Gasteiger partial charge in [0, 0.05) is 9.79 Å². The first-order valence-corrected chi connectivity index (χ1v) is 4.92. The first-order chi connectivity index (χ1) is 6.22. The molecule has 0 unspecified atom stereocenters. The second kappa shape index (κ2) is 5.20. The van der Waals surface area contributed by atoms with Crippen LogP contribution in [0.2, 0.25) is 0 Å². The largest absolute Gasteiger partial charge is 0.142 e. The summed E-state index contributed by atoms with van der Waals surface area (Å²) in [6, 6.07) is 13.8. The Morgan fingerprint density at radius 3 is 2.08 bits per heavy atom. The van der Waals surface area contributed by atoms with Crippen molar-refractivity contribution in [1.82, 2.24) is 0 Å². The van der Waals surface area contributed by atoms with Crippen molar-refractivity contribution in [2.75, 3.05) is 0 Å². The molecule has 1 rings (SSSR count). The Labute approximate surface area is 90.1 Å². The fourth-order valence-corrected chi connectivity index (χ4v) is 1.31. The molecule has 1 aromatic carbocycles. The molecule has 0 aliphatic carbocycles. The van der Waals surface area contributed by atoms with Crippen LogP contribution in [0.1, 0.15) is 5.56 Å². The van der Waals surface area contributed by atoms with Crippen molar-refractivity contribution in [2.24, 2.45) is 0 Å². The van der Waals surface area contributed by atoms with E-state index in [9.17, 15) is 0 Å². The Morgan fingerprint density at radius 2 is 1.38 bits per heavy atom. The van der Waals surface area contributed by atoms with Gasteiger partial charge in [0.15, 0.2) is 0 Å². The van der Waals surface area contributed by atoms with E-state index >= 15 is 0 Å². The molecule has 0 saturated carbocycles. The first-order valence-electron chi connectivity index (χ1n) is 4.02. The van der Waals surface area contributed by atoms with E-state index in [0.717, 1.165) is 15.4 Å². The van der Waals surface area contributed by atoms with E-state index in [2.05, 4.69) is 25.3 Å². The lowest BCUT2D eigenvalue weighted by molar-refractivity contribution is 1.21. The highest BCUT2D eigenvalue weighted by Crippen LogP contribution is 2.18. The Bertz CT molecular complexity index is 313. The van der Waals surface area contributed by atoms with Gasteiger partial charge in [-0.25, -0.2) is 0 Å². The SMILES string of the molecule is Cc1cccccccc(S)c1S. The van der Waals surface area contributed by atoms with Crippen LogP contribution >= 0.6 is 25.3 Å².